The van der Waals surface area contributed by atoms with E-state index in [0.717, 1.165) is 24.3 Å². The number of carbonyl (C=O) groups excluding carboxylic acids is 2. The second-order valence-corrected chi connectivity index (χ2v) is 12.0. The summed E-state index contributed by atoms with van der Waals surface area (Å²) in [6, 6.07) is 7.21. The van der Waals surface area contributed by atoms with Crippen molar-refractivity contribution in [3.05, 3.63) is 75.0 Å². The Kier molecular flexibility index (Phi) is 7.98. The monoisotopic (exact) mass is 643 g/mol. The molecule has 6 rings (SSSR count). The van der Waals surface area contributed by atoms with Gasteiger partial charge in [0.15, 0.2) is 11.6 Å². The van der Waals surface area contributed by atoms with Gasteiger partial charge in [-0.2, -0.15) is 5.10 Å². The lowest BCUT2D eigenvalue weighted by Crippen LogP contribution is -2.43. The van der Waals surface area contributed by atoms with E-state index in [2.05, 4.69) is 15.4 Å². The maximum atomic E-state index is 14.6. The number of pyridine rings is 1. The minimum absolute atomic E-state index is 0.000176. The fourth-order valence-corrected chi connectivity index (χ4v) is 5.92. The van der Waals surface area contributed by atoms with E-state index in [1.807, 2.05) is 10.9 Å². The van der Waals surface area contributed by atoms with E-state index in [9.17, 15) is 23.5 Å². The molecule has 2 amide bonds. The third kappa shape index (κ3) is 5.71. The standard InChI is InChI=1S/C31H29Cl2F2N5O4/c1-2-44-29-15(12-24(36)41)11-23(38-28(29)20-7-8-22(34)26(35)25(20)33)31(43,18-3-4-18)14-37-30(42)16-9-17-13-40(19-5-6-19)39-27(17)21(32)10-16/h7-11,13,18-19,43H,2-6,12,14H2,1H3,(H2,36,41)(H,37,42)/t31-/m1/s1. The van der Waals surface area contributed by atoms with Gasteiger partial charge in [-0.15, -0.1) is 0 Å². The minimum Gasteiger partial charge on any atom is -0.491 e. The summed E-state index contributed by atoms with van der Waals surface area (Å²) in [6.45, 7) is 1.61. The summed E-state index contributed by atoms with van der Waals surface area (Å²) >= 11 is 12.7. The van der Waals surface area contributed by atoms with Crippen LogP contribution in [0.15, 0.2) is 36.5 Å². The minimum atomic E-state index is -1.70. The average molecular weight is 645 g/mol. The molecule has 2 aromatic carbocycles. The van der Waals surface area contributed by atoms with Crippen molar-refractivity contribution in [2.45, 2.75) is 50.7 Å². The topological polar surface area (TPSA) is 132 Å². The number of aromatic nitrogens is 3. The number of rotatable bonds is 11. The number of primary amides is 1. The summed E-state index contributed by atoms with van der Waals surface area (Å²) in [4.78, 5) is 30.1. The van der Waals surface area contributed by atoms with E-state index in [1.54, 1.807) is 13.0 Å². The molecule has 4 aromatic rings. The lowest BCUT2D eigenvalue weighted by atomic mass is 9.90. The van der Waals surface area contributed by atoms with Crippen LogP contribution >= 0.6 is 23.2 Å². The Balaban J connectivity index is 1.38. The maximum Gasteiger partial charge on any atom is 0.251 e. The van der Waals surface area contributed by atoms with E-state index < -0.39 is 34.1 Å². The predicted octanol–water partition coefficient (Wildman–Crippen LogP) is 5.47. The Hall–Kier alpha value is -3.80. The van der Waals surface area contributed by atoms with Crippen molar-refractivity contribution in [2.75, 3.05) is 13.2 Å². The molecule has 0 unspecified atom stereocenters. The maximum absolute atomic E-state index is 14.6. The van der Waals surface area contributed by atoms with Crippen LogP contribution in [0.5, 0.6) is 5.75 Å². The summed E-state index contributed by atoms with van der Waals surface area (Å²) in [5.41, 5.74) is 5.10. The highest BCUT2D eigenvalue weighted by molar-refractivity contribution is 6.35. The first-order chi connectivity index (χ1) is 21.0. The van der Waals surface area contributed by atoms with E-state index in [0.29, 0.717) is 35.0 Å². The molecule has 13 heteroatoms. The second kappa shape index (κ2) is 11.6. The molecular formula is C31H29Cl2F2N5O4. The molecule has 2 aromatic heterocycles. The summed E-state index contributed by atoms with van der Waals surface area (Å²) in [7, 11) is 0. The molecule has 44 heavy (non-hydrogen) atoms. The zero-order valence-corrected chi connectivity index (χ0v) is 25.2. The van der Waals surface area contributed by atoms with Crippen molar-refractivity contribution in [3.8, 4) is 17.0 Å². The first kappa shape index (κ1) is 30.2. The van der Waals surface area contributed by atoms with E-state index in [1.165, 1.54) is 18.2 Å². The highest BCUT2D eigenvalue weighted by atomic mass is 35.5. The smallest absolute Gasteiger partial charge is 0.251 e. The average Bonchev–Trinajstić information content (AvgIpc) is 3.93. The second-order valence-electron chi connectivity index (χ2n) is 11.3. The van der Waals surface area contributed by atoms with Gasteiger partial charge >= 0.3 is 0 Å². The molecule has 2 aliphatic carbocycles. The first-order valence-corrected chi connectivity index (χ1v) is 15.0. The van der Waals surface area contributed by atoms with Crippen LogP contribution in [0.1, 0.15) is 60.3 Å². The van der Waals surface area contributed by atoms with Crippen LogP contribution in [0.25, 0.3) is 22.2 Å². The number of ether oxygens (including phenoxy) is 1. The number of halogens is 4. The summed E-state index contributed by atoms with van der Waals surface area (Å²) in [5, 5.41) is 20.0. The number of hydrogen-bond donors (Lipinski definition) is 3. The third-order valence-electron chi connectivity index (χ3n) is 7.97. The lowest BCUT2D eigenvalue weighted by molar-refractivity contribution is -0.117. The molecule has 0 bridgehead atoms. The molecule has 2 fully saturated rings. The largest absolute Gasteiger partial charge is 0.491 e. The van der Waals surface area contributed by atoms with Crippen molar-refractivity contribution < 1.29 is 28.2 Å². The normalized spacial score (nSPS) is 16.1. The van der Waals surface area contributed by atoms with E-state index in [4.69, 9.17) is 33.7 Å². The molecule has 0 aliphatic heterocycles. The van der Waals surface area contributed by atoms with Gasteiger partial charge in [-0.1, -0.05) is 23.2 Å². The van der Waals surface area contributed by atoms with Crippen molar-refractivity contribution >= 4 is 45.9 Å². The Morgan fingerprint density at radius 1 is 1.18 bits per heavy atom. The van der Waals surface area contributed by atoms with Gasteiger partial charge in [-0.25, -0.2) is 13.8 Å². The molecule has 230 valence electrons. The van der Waals surface area contributed by atoms with Crippen LogP contribution in [-0.4, -0.2) is 44.8 Å². The lowest BCUT2D eigenvalue weighted by Gasteiger charge is -2.30. The molecule has 0 saturated heterocycles. The molecule has 0 spiro atoms. The van der Waals surface area contributed by atoms with Gasteiger partial charge in [0.05, 0.1) is 41.4 Å². The van der Waals surface area contributed by atoms with Crippen molar-refractivity contribution in [3.63, 3.8) is 0 Å². The molecule has 1 atom stereocenters. The van der Waals surface area contributed by atoms with Crippen molar-refractivity contribution in [1.29, 1.82) is 0 Å². The SMILES string of the molecule is CCOc1c(CC(N)=O)cc([C@@](O)(CNC(=O)c2cc(Cl)c3nn(C4CC4)cc3c2)C2CC2)nc1-c1ccc(F)c(F)c1Cl. The summed E-state index contributed by atoms with van der Waals surface area (Å²) < 4.78 is 36.2. The summed E-state index contributed by atoms with van der Waals surface area (Å²) in [5.74, 6) is -3.78. The number of nitrogens with zero attached hydrogens (tertiary/aromatic N) is 3. The molecule has 2 saturated carbocycles. The van der Waals surface area contributed by atoms with E-state index in [-0.39, 0.29) is 53.8 Å². The Labute approximate surface area is 261 Å². The summed E-state index contributed by atoms with van der Waals surface area (Å²) in [6.07, 6.45) is 4.95. The van der Waals surface area contributed by atoms with Gasteiger partial charge in [-0.3, -0.25) is 14.3 Å². The Morgan fingerprint density at radius 2 is 1.93 bits per heavy atom. The van der Waals surface area contributed by atoms with Crippen LogP contribution < -0.4 is 15.8 Å². The number of nitrogens with two attached hydrogens (primary N) is 1. The van der Waals surface area contributed by atoms with Gasteiger partial charge < -0.3 is 20.9 Å². The van der Waals surface area contributed by atoms with Crippen LogP contribution in [0, 0.1) is 17.6 Å². The Bertz CT molecular complexity index is 1810. The van der Waals surface area contributed by atoms with E-state index >= 15 is 0 Å². The number of aliphatic hydroxyl groups is 1. The van der Waals surface area contributed by atoms with Gasteiger partial charge in [0, 0.05) is 28.3 Å². The van der Waals surface area contributed by atoms with Gasteiger partial charge in [0.2, 0.25) is 5.91 Å². The molecule has 2 aliphatic rings. The zero-order valence-electron chi connectivity index (χ0n) is 23.7. The number of carbonyl (C=O) groups is 2. The Morgan fingerprint density at radius 3 is 2.59 bits per heavy atom. The molecular weight excluding hydrogens is 615 g/mol. The molecule has 4 N–H and O–H groups in total. The number of benzene rings is 2. The number of hydrogen-bond acceptors (Lipinski definition) is 6. The molecule has 0 radical (unpaired) electrons. The number of fused-ring (bicyclic) bond motifs is 1. The molecule has 9 nitrogen and oxygen atoms in total. The van der Waals surface area contributed by atoms with Gasteiger partial charge in [-0.05, 0) is 68.9 Å². The quantitative estimate of drug-likeness (QED) is 0.186. The van der Waals surface area contributed by atoms with Gasteiger partial charge in [0.1, 0.15) is 22.6 Å². The van der Waals surface area contributed by atoms with Crippen LogP contribution in [0.4, 0.5) is 8.78 Å². The molecule has 2 heterocycles. The fraction of sp³-hybridized carbons (Fsp3) is 0.355. The fourth-order valence-electron chi connectivity index (χ4n) is 5.41. The third-order valence-corrected chi connectivity index (χ3v) is 8.63. The predicted molar refractivity (Wildman–Crippen MR) is 161 cm³/mol. The first-order valence-electron chi connectivity index (χ1n) is 14.3. The van der Waals surface area contributed by atoms with Crippen LogP contribution in [0.2, 0.25) is 10.0 Å². The zero-order chi connectivity index (χ0) is 31.3. The number of nitrogens with one attached hydrogen (secondary N) is 1. The highest BCUT2D eigenvalue weighted by Crippen LogP contribution is 2.47. The highest BCUT2D eigenvalue weighted by Gasteiger charge is 2.47. The number of amides is 2. The van der Waals surface area contributed by atoms with Crippen molar-refractivity contribution in [1.82, 2.24) is 20.1 Å². The van der Waals surface area contributed by atoms with Gasteiger partial charge in [0.25, 0.3) is 5.91 Å². The van der Waals surface area contributed by atoms with Crippen LogP contribution in [0.3, 0.4) is 0 Å². The van der Waals surface area contributed by atoms with Crippen LogP contribution in [-0.2, 0) is 16.8 Å². The van der Waals surface area contributed by atoms with Crippen molar-refractivity contribution in [2.24, 2.45) is 11.7 Å².